The molecule has 2 heterocycles. The van der Waals surface area contributed by atoms with Crippen molar-refractivity contribution < 1.29 is 24.0 Å². The predicted molar refractivity (Wildman–Crippen MR) is 126 cm³/mol. The number of aromatic nitrogens is 1. The van der Waals surface area contributed by atoms with Crippen molar-refractivity contribution in [3.05, 3.63) is 59.0 Å². The SMILES string of the molecule is Cc1ccc(Oc2ccccc2-c2csc(NC3=NCCCN3)n2)c(C)c1.O=P(O)(O)O. The number of aryl methyl sites for hydroxylation is 2. The number of para-hydroxylation sites is 1. The molecule has 0 saturated carbocycles. The Hall–Kier alpha value is -2.75. The largest absolute Gasteiger partial charge is 0.466 e. The number of anilines is 1. The van der Waals surface area contributed by atoms with Gasteiger partial charge >= 0.3 is 7.82 Å². The van der Waals surface area contributed by atoms with Crippen LogP contribution in [0.2, 0.25) is 0 Å². The number of hydrogen-bond acceptors (Lipinski definition) is 7. The number of benzene rings is 2. The highest BCUT2D eigenvalue weighted by molar-refractivity contribution is 7.45. The third kappa shape index (κ3) is 7.44. The Morgan fingerprint density at radius 3 is 2.56 bits per heavy atom. The van der Waals surface area contributed by atoms with E-state index in [9.17, 15) is 0 Å². The van der Waals surface area contributed by atoms with Gasteiger partial charge in [-0.25, -0.2) is 9.55 Å². The molecule has 0 atom stereocenters. The number of nitrogens with zero attached hydrogens (tertiary/aromatic N) is 2. The van der Waals surface area contributed by atoms with Gasteiger partial charge in [-0.2, -0.15) is 0 Å². The maximum Gasteiger partial charge on any atom is 0.466 e. The zero-order valence-corrected chi connectivity index (χ0v) is 19.4. The van der Waals surface area contributed by atoms with Crippen LogP contribution in [0.25, 0.3) is 11.3 Å². The molecule has 0 radical (unpaired) electrons. The number of phosphoric acid groups is 1. The Morgan fingerprint density at radius 1 is 1.12 bits per heavy atom. The lowest BCUT2D eigenvalue weighted by molar-refractivity contribution is 0.275. The summed E-state index contributed by atoms with van der Waals surface area (Å²) in [6.45, 7) is 5.94. The fourth-order valence-electron chi connectivity index (χ4n) is 2.97. The van der Waals surface area contributed by atoms with E-state index in [1.54, 1.807) is 11.3 Å². The Kier molecular flexibility index (Phi) is 8.00. The number of nitrogens with one attached hydrogen (secondary N) is 2. The Bertz CT molecular complexity index is 1140. The summed E-state index contributed by atoms with van der Waals surface area (Å²) in [6.07, 6.45) is 1.07. The van der Waals surface area contributed by atoms with E-state index in [2.05, 4.69) is 41.6 Å². The number of aliphatic imine (C=N–C) groups is 1. The van der Waals surface area contributed by atoms with Gasteiger partial charge in [-0.3, -0.25) is 4.99 Å². The van der Waals surface area contributed by atoms with Gasteiger partial charge in [0.2, 0.25) is 0 Å². The van der Waals surface area contributed by atoms with Crippen LogP contribution >= 0.6 is 19.2 Å². The van der Waals surface area contributed by atoms with E-state index in [1.807, 2.05) is 35.7 Å². The molecule has 2 aromatic carbocycles. The molecule has 0 spiro atoms. The number of rotatable bonds is 4. The minimum absolute atomic E-state index is 0.793. The highest BCUT2D eigenvalue weighted by atomic mass is 32.1. The summed E-state index contributed by atoms with van der Waals surface area (Å²) >= 11 is 1.56. The molecule has 9 nitrogen and oxygen atoms in total. The van der Waals surface area contributed by atoms with E-state index < -0.39 is 7.82 Å². The lowest BCUT2D eigenvalue weighted by Crippen LogP contribution is -2.35. The minimum Gasteiger partial charge on any atom is -0.456 e. The third-order valence-electron chi connectivity index (χ3n) is 4.34. The molecule has 0 unspecified atom stereocenters. The average molecular weight is 476 g/mol. The van der Waals surface area contributed by atoms with E-state index in [-0.39, 0.29) is 0 Å². The zero-order chi connectivity index (χ0) is 23.1. The number of ether oxygens (including phenoxy) is 1. The molecule has 1 aliphatic heterocycles. The Balaban J connectivity index is 0.000000523. The van der Waals surface area contributed by atoms with E-state index >= 15 is 0 Å². The Morgan fingerprint density at radius 2 is 1.88 bits per heavy atom. The fourth-order valence-corrected chi connectivity index (χ4v) is 3.68. The van der Waals surface area contributed by atoms with Crippen molar-refractivity contribution in [2.45, 2.75) is 20.3 Å². The third-order valence-corrected chi connectivity index (χ3v) is 5.10. The normalized spacial score (nSPS) is 13.3. The van der Waals surface area contributed by atoms with Crippen molar-refractivity contribution in [3.63, 3.8) is 0 Å². The summed E-state index contributed by atoms with van der Waals surface area (Å²) in [5, 5.41) is 9.37. The fraction of sp³-hybridized carbons (Fsp3) is 0.238. The summed E-state index contributed by atoms with van der Waals surface area (Å²) in [7, 11) is -4.64. The molecule has 0 bridgehead atoms. The van der Waals surface area contributed by atoms with Crippen molar-refractivity contribution in [1.82, 2.24) is 10.3 Å². The average Bonchev–Trinajstić information content (AvgIpc) is 3.18. The first-order chi connectivity index (χ1) is 15.2. The number of guanidine groups is 1. The molecule has 11 heteroatoms. The second-order valence-corrected chi connectivity index (χ2v) is 8.94. The second-order valence-electron chi connectivity index (χ2n) is 7.05. The van der Waals surface area contributed by atoms with Crippen molar-refractivity contribution in [2.75, 3.05) is 18.4 Å². The van der Waals surface area contributed by atoms with Crippen LogP contribution in [0.15, 0.2) is 52.8 Å². The number of hydrogen-bond donors (Lipinski definition) is 5. The van der Waals surface area contributed by atoms with Crippen LogP contribution in [0.5, 0.6) is 11.5 Å². The van der Waals surface area contributed by atoms with Crippen LogP contribution < -0.4 is 15.4 Å². The summed E-state index contributed by atoms with van der Waals surface area (Å²) in [5.41, 5.74) is 4.20. The van der Waals surface area contributed by atoms with E-state index in [1.165, 1.54) is 5.56 Å². The second kappa shape index (κ2) is 10.7. The van der Waals surface area contributed by atoms with Crippen LogP contribution in [0.3, 0.4) is 0 Å². The topological polar surface area (TPSA) is 136 Å². The van der Waals surface area contributed by atoms with Crippen LogP contribution in [0.4, 0.5) is 5.13 Å². The van der Waals surface area contributed by atoms with Crippen LogP contribution in [0.1, 0.15) is 17.5 Å². The van der Waals surface area contributed by atoms with Gasteiger partial charge in [-0.1, -0.05) is 29.8 Å². The van der Waals surface area contributed by atoms with Crippen molar-refractivity contribution >= 4 is 30.3 Å². The monoisotopic (exact) mass is 476 g/mol. The molecule has 170 valence electrons. The molecule has 3 aromatic rings. The van der Waals surface area contributed by atoms with Gasteiger partial charge in [0.1, 0.15) is 11.5 Å². The first-order valence-electron chi connectivity index (χ1n) is 9.83. The summed E-state index contributed by atoms with van der Waals surface area (Å²) in [4.78, 5) is 30.7. The lowest BCUT2D eigenvalue weighted by atomic mass is 10.1. The molecule has 0 aliphatic carbocycles. The molecule has 1 aromatic heterocycles. The van der Waals surface area contributed by atoms with Gasteiger partial charge in [0.15, 0.2) is 11.1 Å². The van der Waals surface area contributed by atoms with E-state index in [4.69, 9.17) is 29.0 Å². The maximum absolute atomic E-state index is 8.88. The van der Waals surface area contributed by atoms with Gasteiger partial charge in [0.05, 0.1) is 5.69 Å². The maximum atomic E-state index is 8.88. The molecule has 4 rings (SSSR count). The molecule has 32 heavy (non-hydrogen) atoms. The van der Waals surface area contributed by atoms with E-state index in [0.717, 1.165) is 58.9 Å². The lowest BCUT2D eigenvalue weighted by Gasteiger charge is -2.14. The van der Waals surface area contributed by atoms with E-state index in [0.29, 0.717) is 0 Å². The molecule has 5 N–H and O–H groups in total. The van der Waals surface area contributed by atoms with Crippen molar-refractivity contribution in [1.29, 1.82) is 0 Å². The summed E-state index contributed by atoms with van der Waals surface area (Å²) < 4.78 is 15.1. The van der Waals surface area contributed by atoms with Crippen LogP contribution in [0, 0.1) is 13.8 Å². The van der Waals surface area contributed by atoms with Gasteiger partial charge in [-0.15, -0.1) is 11.3 Å². The quantitative estimate of drug-likeness (QED) is 0.356. The highest BCUT2D eigenvalue weighted by Crippen LogP contribution is 2.35. The molecule has 0 amide bonds. The van der Waals surface area contributed by atoms with Gasteiger partial charge in [0, 0.05) is 24.0 Å². The number of thiazole rings is 1. The zero-order valence-electron chi connectivity index (χ0n) is 17.6. The molecule has 0 saturated heterocycles. The van der Waals surface area contributed by atoms with Gasteiger partial charge in [-0.05, 0) is 44.0 Å². The van der Waals surface area contributed by atoms with Gasteiger partial charge < -0.3 is 30.1 Å². The van der Waals surface area contributed by atoms with Crippen molar-refractivity contribution in [3.8, 4) is 22.8 Å². The molecule has 1 aliphatic rings. The highest BCUT2D eigenvalue weighted by Gasteiger charge is 2.13. The first-order valence-corrected chi connectivity index (χ1v) is 12.3. The minimum atomic E-state index is -4.64. The Labute approximate surface area is 190 Å². The first kappa shape index (κ1) is 23.9. The molecule has 0 fully saturated rings. The predicted octanol–water partition coefficient (Wildman–Crippen LogP) is 4.05. The smallest absolute Gasteiger partial charge is 0.456 e. The van der Waals surface area contributed by atoms with Crippen molar-refractivity contribution in [2.24, 2.45) is 4.99 Å². The summed E-state index contributed by atoms with van der Waals surface area (Å²) in [6, 6.07) is 14.2. The molecular formula is C21H25N4O5PS. The summed E-state index contributed by atoms with van der Waals surface area (Å²) in [5.74, 6) is 2.46. The standard InChI is InChI=1S/C21H22N4OS.H3O4P/c1-14-8-9-18(15(2)12-14)26-19-7-4-3-6-16(19)17-13-27-21(24-17)25-20-22-10-5-11-23-20;1-5(2,3)4/h3-4,6-9,12-13H,5,10-11H2,1-2H3,(H2,22,23,24,25);(H3,1,2,3,4). The van der Waals surface area contributed by atoms with Crippen LogP contribution in [-0.2, 0) is 4.57 Å². The van der Waals surface area contributed by atoms with Gasteiger partial charge in [0.25, 0.3) is 0 Å². The molecular weight excluding hydrogens is 451 g/mol. The van der Waals surface area contributed by atoms with Crippen LogP contribution in [-0.4, -0.2) is 38.7 Å².